The lowest BCUT2D eigenvalue weighted by Crippen LogP contribution is -2.19. The van der Waals surface area contributed by atoms with Crippen molar-refractivity contribution in [2.24, 2.45) is 0 Å². The van der Waals surface area contributed by atoms with Gasteiger partial charge in [-0.25, -0.2) is 9.67 Å². The molecular weight excluding hydrogens is 250 g/mol. The number of anilines is 1. The molecule has 2 heterocycles. The fourth-order valence-corrected chi connectivity index (χ4v) is 2.32. The summed E-state index contributed by atoms with van der Waals surface area (Å²) in [4.78, 5) is 8.89. The highest BCUT2D eigenvalue weighted by Gasteiger charge is 2.09. The largest absolute Gasteiger partial charge is 0.366 e. The van der Waals surface area contributed by atoms with E-state index in [2.05, 4.69) is 34.2 Å². The molecule has 2 rings (SSSR count). The van der Waals surface area contributed by atoms with Gasteiger partial charge in [0.25, 0.3) is 0 Å². The normalized spacial score (nSPS) is 12.4. The maximum Gasteiger partial charge on any atom is 0.174 e. The van der Waals surface area contributed by atoms with Crippen molar-refractivity contribution in [2.75, 3.05) is 5.32 Å². The topological polar surface area (TPSA) is 55.6 Å². The van der Waals surface area contributed by atoms with E-state index < -0.39 is 0 Å². The lowest BCUT2D eigenvalue weighted by Gasteiger charge is -2.16. The maximum atomic E-state index is 4.61. The number of aromatic nitrogens is 4. The molecule has 0 amide bonds. The quantitative estimate of drug-likeness (QED) is 0.877. The molecule has 2 aromatic rings. The molecule has 1 atom stereocenters. The Morgan fingerprint density at radius 3 is 2.65 bits per heavy atom. The number of hydrogen-bond acceptors (Lipinski definition) is 4. The minimum Gasteiger partial charge on any atom is -0.366 e. The second-order valence-corrected chi connectivity index (χ2v) is 5.14. The van der Waals surface area contributed by atoms with Crippen molar-refractivity contribution in [2.45, 2.75) is 53.0 Å². The number of hydrogen-bond donors (Lipinski definition) is 1. The zero-order valence-electron chi connectivity index (χ0n) is 12.7. The number of rotatable bonds is 6. The molecule has 1 N–H and O–H groups in total. The highest BCUT2D eigenvalue weighted by Crippen LogP contribution is 2.13. The minimum atomic E-state index is 0.449. The van der Waals surface area contributed by atoms with Crippen LogP contribution < -0.4 is 5.32 Å². The van der Waals surface area contributed by atoms with Crippen molar-refractivity contribution in [3.8, 4) is 5.82 Å². The number of aryl methyl sites for hydroxylation is 2. The third-order valence-corrected chi connectivity index (χ3v) is 3.33. The summed E-state index contributed by atoms with van der Waals surface area (Å²) >= 11 is 0. The van der Waals surface area contributed by atoms with Crippen LogP contribution >= 0.6 is 0 Å². The molecule has 0 aliphatic heterocycles. The van der Waals surface area contributed by atoms with Crippen molar-refractivity contribution in [3.05, 3.63) is 29.8 Å². The van der Waals surface area contributed by atoms with Crippen LogP contribution in [0, 0.1) is 13.8 Å². The van der Waals surface area contributed by atoms with Gasteiger partial charge in [0.05, 0.1) is 18.1 Å². The van der Waals surface area contributed by atoms with E-state index >= 15 is 0 Å². The summed E-state index contributed by atoms with van der Waals surface area (Å²) in [7, 11) is 0. The fraction of sp³-hybridized carbons (Fsp3) is 0.533. The second kappa shape index (κ2) is 6.50. The van der Waals surface area contributed by atoms with Gasteiger partial charge >= 0.3 is 0 Å². The van der Waals surface area contributed by atoms with Crippen LogP contribution in [0.1, 0.15) is 44.5 Å². The van der Waals surface area contributed by atoms with E-state index in [4.69, 9.17) is 0 Å². The van der Waals surface area contributed by atoms with Crippen LogP contribution in [-0.4, -0.2) is 25.8 Å². The smallest absolute Gasteiger partial charge is 0.174 e. The third-order valence-electron chi connectivity index (χ3n) is 3.33. The van der Waals surface area contributed by atoms with Gasteiger partial charge in [0, 0.05) is 11.7 Å². The Balaban J connectivity index is 2.21. The number of nitrogens with zero attached hydrogens (tertiary/aromatic N) is 4. The molecule has 108 valence electrons. The Morgan fingerprint density at radius 2 is 2.05 bits per heavy atom. The van der Waals surface area contributed by atoms with Crippen molar-refractivity contribution in [1.82, 2.24) is 19.7 Å². The highest BCUT2D eigenvalue weighted by atomic mass is 15.3. The Labute approximate surface area is 120 Å². The lowest BCUT2D eigenvalue weighted by atomic mass is 10.1. The van der Waals surface area contributed by atoms with Gasteiger partial charge in [0.1, 0.15) is 5.82 Å². The first-order valence-electron chi connectivity index (χ1n) is 7.26. The monoisotopic (exact) mass is 273 g/mol. The van der Waals surface area contributed by atoms with Gasteiger partial charge in [-0.05, 0) is 32.8 Å². The van der Waals surface area contributed by atoms with Gasteiger partial charge in [0.15, 0.2) is 5.82 Å². The average Bonchev–Trinajstić information content (AvgIpc) is 2.77. The molecule has 0 aromatic carbocycles. The van der Waals surface area contributed by atoms with Crippen molar-refractivity contribution in [3.63, 3.8) is 0 Å². The molecule has 0 fully saturated rings. The minimum absolute atomic E-state index is 0.449. The first-order chi connectivity index (χ1) is 9.63. The predicted molar refractivity (Wildman–Crippen MR) is 81.2 cm³/mol. The van der Waals surface area contributed by atoms with E-state index in [-0.39, 0.29) is 0 Å². The molecule has 0 radical (unpaired) electrons. The Kier molecular flexibility index (Phi) is 4.71. The standard InChI is InChI=1S/C15H23N5/c1-5-7-13(6-2)17-14-9-16-10-15(18-14)20-12(4)8-11(3)19-20/h8-10,13H,5-7H2,1-4H3,(H,17,18). The van der Waals surface area contributed by atoms with Crippen LogP contribution in [0.4, 0.5) is 5.82 Å². The van der Waals surface area contributed by atoms with E-state index in [0.717, 1.165) is 42.3 Å². The van der Waals surface area contributed by atoms with Gasteiger partial charge in [-0.15, -0.1) is 0 Å². The molecule has 0 saturated heterocycles. The van der Waals surface area contributed by atoms with Crippen LogP contribution in [0.3, 0.4) is 0 Å². The molecule has 1 unspecified atom stereocenters. The van der Waals surface area contributed by atoms with Gasteiger partial charge in [-0.1, -0.05) is 20.3 Å². The second-order valence-electron chi connectivity index (χ2n) is 5.14. The third kappa shape index (κ3) is 3.35. The van der Waals surface area contributed by atoms with Gasteiger partial charge < -0.3 is 5.32 Å². The molecule has 20 heavy (non-hydrogen) atoms. The van der Waals surface area contributed by atoms with E-state index in [9.17, 15) is 0 Å². The molecule has 0 bridgehead atoms. The van der Waals surface area contributed by atoms with Gasteiger partial charge in [-0.3, -0.25) is 4.98 Å². The molecule has 0 saturated carbocycles. The molecule has 2 aromatic heterocycles. The van der Waals surface area contributed by atoms with Crippen LogP contribution in [-0.2, 0) is 0 Å². The zero-order chi connectivity index (χ0) is 14.5. The molecule has 0 spiro atoms. The highest BCUT2D eigenvalue weighted by molar-refractivity contribution is 5.37. The summed E-state index contributed by atoms with van der Waals surface area (Å²) in [6, 6.07) is 2.48. The molecule has 0 aliphatic carbocycles. The zero-order valence-corrected chi connectivity index (χ0v) is 12.7. The van der Waals surface area contributed by atoms with E-state index in [1.165, 1.54) is 0 Å². The SMILES string of the molecule is CCCC(CC)Nc1cncc(-n2nc(C)cc2C)n1. The Morgan fingerprint density at radius 1 is 1.25 bits per heavy atom. The summed E-state index contributed by atoms with van der Waals surface area (Å²) in [5.41, 5.74) is 2.05. The number of nitrogens with one attached hydrogen (secondary N) is 1. The van der Waals surface area contributed by atoms with Crippen molar-refractivity contribution < 1.29 is 0 Å². The Hall–Kier alpha value is -1.91. The van der Waals surface area contributed by atoms with E-state index in [1.54, 1.807) is 12.4 Å². The summed E-state index contributed by atoms with van der Waals surface area (Å²) in [6.45, 7) is 8.38. The maximum absolute atomic E-state index is 4.61. The van der Waals surface area contributed by atoms with Crippen LogP contribution in [0.2, 0.25) is 0 Å². The summed E-state index contributed by atoms with van der Waals surface area (Å²) in [5, 5.41) is 7.89. The molecule has 0 aliphatic rings. The predicted octanol–water partition coefficient (Wildman–Crippen LogP) is 3.27. The first kappa shape index (κ1) is 14.5. The summed E-state index contributed by atoms with van der Waals surface area (Å²) in [6.07, 6.45) is 6.90. The molecule has 5 heteroatoms. The van der Waals surface area contributed by atoms with Crippen molar-refractivity contribution in [1.29, 1.82) is 0 Å². The van der Waals surface area contributed by atoms with Gasteiger partial charge in [-0.2, -0.15) is 5.10 Å². The summed E-state index contributed by atoms with van der Waals surface area (Å²) in [5.74, 6) is 1.57. The van der Waals surface area contributed by atoms with Crippen LogP contribution in [0.15, 0.2) is 18.5 Å². The van der Waals surface area contributed by atoms with Gasteiger partial charge in [0.2, 0.25) is 0 Å². The van der Waals surface area contributed by atoms with Crippen LogP contribution in [0.5, 0.6) is 0 Å². The fourth-order valence-electron chi connectivity index (χ4n) is 2.32. The molecule has 5 nitrogen and oxygen atoms in total. The van der Waals surface area contributed by atoms with E-state index in [1.807, 2.05) is 24.6 Å². The average molecular weight is 273 g/mol. The first-order valence-corrected chi connectivity index (χ1v) is 7.26. The Bertz CT molecular complexity index is 561. The van der Waals surface area contributed by atoms with Crippen LogP contribution in [0.25, 0.3) is 5.82 Å². The summed E-state index contributed by atoms with van der Waals surface area (Å²) < 4.78 is 1.83. The van der Waals surface area contributed by atoms with Crippen molar-refractivity contribution >= 4 is 5.82 Å². The lowest BCUT2D eigenvalue weighted by molar-refractivity contribution is 0.619. The molecular formula is C15H23N5. The van der Waals surface area contributed by atoms with E-state index in [0.29, 0.717) is 6.04 Å².